The van der Waals surface area contributed by atoms with Crippen molar-refractivity contribution in [2.45, 2.75) is 20.4 Å². The first-order valence-corrected chi connectivity index (χ1v) is 9.29. The van der Waals surface area contributed by atoms with E-state index in [1.807, 2.05) is 56.3 Å². The summed E-state index contributed by atoms with van der Waals surface area (Å²) >= 11 is 0. The average Bonchev–Trinajstić information content (AvgIpc) is 2.74. The number of nitrogens with zero attached hydrogens (tertiary/aromatic N) is 1. The van der Waals surface area contributed by atoms with Crippen LogP contribution in [-0.4, -0.2) is 25.1 Å². The van der Waals surface area contributed by atoms with Crippen molar-refractivity contribution in [3.05, 3.63) is 77.1 Å². The molecule has 6 nitrogen and oxygen atoms in total. The van der Waals surface area contributed by atoms with Crippen LogP contribution >= 0.6 is 0 Å². The molecule has 0 aliphatic heterocycles. The van der Waals surface area contributed by atoms with Gasteiger partial charge in [0, 0.05) is 12.2 Å². The standard InChI is InChI=1S/C23H25N3O3/c1-15-5-6-16(2)20(11-15)26-23(27)19-9-8-18(14-25-19)24-13-17-7-10-21(28-3)22(12-17)29-4/h5-12,14,24H,13H2,1-4H3,(H,26,27). The Balaban J connectivity index is 1.63. The summed E-state index contributed by atoms with van der Waals surface area (Å²) in [5.41, 5.74) is 5.13. The molecular formula is C23H25N3O3. The Bertz CT molecular complexity index is 1000. The molecule has 0 radical (unpaired) electrons. The lowest BCUT2D eigenvalue weighted by Crippen LogP contribution is -2.14. The van der Waals surface area contributed by atoms with Gasteiger partial charge >= 0.3 is 0 Å². The summed E-state index contributed by atoms with van der Waals surface area (Å²) in [7, 11) is 3.22. The normalized spacial score (nSPS) is 10.3. The van der Waals surface area contributed by atoms with Crippen molar-refractivity contribution in [3.63, 3.8) is 0 Å². The van der Waals surface area contributed by atoms with Gasteiger partial charge in [-0.15, -0.1) is 0 Å². The number of carbonyl (C=O) groups is 1. The van der Waals surface area contributed by atoms with Crippen LogP contribution < -0.4 is 20.1 Å². The van der Waals surface area contributed by atoms with Gasteiger partial charge in [0.1, 0.15) is 5.69 Å². The van der Waals surface area contributed by atoms with Crippen LogP contribution in [0.25, 0.3) is 0 Å². The highest BCUT2D eigenvalue weighted by molar-refractivity contribution is 6.03. The molecule has 0 aliphatic rings. The molecule has 1 aromatic heterocycles. The van der Waals surface area contributed by atoms with Crippen LogP contribution in [-0.2, 0) is 6.54 Å². The van der Waals surface area contributed by atoms with E-state index in [0.717, 1.165) is 28.1 Å². The Kier molecular flexibility index (Phi) is 6.34. The van der Waals surface area contributed by atoms with Gasteiger partial charge in [-0.1, -0.05) is 18.2 Å². The Labute approximate surface area is 170 Å². The minimum atomic E-state index is -0.231. The summed E-state index contributed by atoms with van der Waals surface area (Å²) in [4.78, 5) is 16.8. The maximum absolute atomic E-state index is 12.5. The van der Waals surface area contributed by atoms with Crippen molar-refractivity contribution in [1.29, 1.82) is 0 Å². The van der Waals surface area contributed by atoms with E-state index in [1.165, 1.54) is 0 Å². The van der Waals surface area contributed by atoms with Gasteiger partial charge in [-0.3, -0.25) is 4.79 Å². The molecule has 0 bridgehead atoms. The van der Waals surface area contributed by atoms with Crippen molar-refractivity contribution in [2.75, 3.05) is 24.9 Å². The first-order chi connectivity index (χ1) is 14.0. The number of aromatic nitrogens is 1. The number of benzene rings is 2. The molecule has 6 heteroatoms. The van der Waals surface area contributed by atoms with Crippen molar-refractivity contribution < 1.29 is 14.3 Å². The second-order valence-electron chi connectivity index (χ2n) is 6.75. The smallest absolute Gasteiger partial charge is 0.274 e. The van der Waals surface area contributed by atoms with Crippen LogP contribution in [0.1, 0.15) is 27.2 Å². The van der Waals surface area contributed by atoms with Crippen molar-refractivity contribution >= 4 is 17.3 Å². The molecule has 0 spiro atoms. The summed E-state index contributed by atoms with van der Waals surface area (Å²) in [6.45, 7) is 4.55. The Morgan fingerprint density at radius 3 is 2.45 bits per heavy atom. The number of aryl methyl sites for hydroxylation is 2. The molecule has 0 saturated heterocycles. The third-order valence-corrected chi connectivity index (χ3v) is 4.58. The topological polar surface area (TPSA) is 72.5 Å². The second-order valence-corrected chi connectivity index (χ2v) is 6.75. The number of amides is 1. The summed E-state index contributed by atoms with van der Waals surface area (Å²) in [6.07, 6.45) is 1.65. The van der Waals surface area contributed by atoms with E-state index in [4.69, 9.17) is 9.47 Å². The van der Waals surface area contributed by atoms with Crippen LogP contribution in [0.15, 0.2) is 54.7 Å². The second kappa shape index (κ2) is 9.10. The number of anilines is 2. The van der Waals surface area contributed by atoms with Gasteiger partial charge in [0.25, 0.3) is 5.91 Å². The van der Waals surface area contributed by atoms with Crippen LogP contribution in [0.5, 0.6) is 11.5 Å². The first-order valence-electron chi connectivity index (χ1n) is 9.29. The molecule has 1 amide bonds. The fourth-order valence-corrected chi connectivity index (χ4v) is 2.88. The Hall–Kier alpha value is -3.54. The molecule has 2 N–H and O–H groups in total. The SMILES string of the molecule is COc1ccc(CNc2ccc(C(=O)Nc3cc(C)ccc3C)nc2)cc1OC. The molecule has 3 aromatic rings. The van der Waals surface area contributed by atoms with Crippen LogP contribution in [0.2, 0.25) is 0 Å². The maximum Gasteiger partial charge on any atom is 0.274 e. The average molecular weight is 391 g/mol. The molecule has 0 aliphatic carbocycles. The highest BCUT2D eigenvalue weighted by atomic mass is 16.5. The Morgan fingerprint density at radius 1 is 0.966 bits per heavy atom. The minimum Gasteiger partial charge on any atom is -0.493 e. The van der Waals surface area contributed by atoms with E-state index in [1.54, 1.807) is 26.5 Å². The van der Waals surface area contributed by atoms with Gasteiger partial charge in [0.2, 0.25) is 0 Å². The van der Waals surface area contributed by atoms with E-state index in [-0.39, 0.29) is 5.91 Å². The third kappa shape index (κ3) is 5.04. The lowest BCUT2D eigenvalue weighted by molar-refractivity contribution is 0.102. The number of hydrogen-bond donors (Lipinski definition) is 2. The van der Waals surface area contributed by atoms with Gasteiger partial charge in [-0.05, 0) is 60.9 Å². The zero-order valence-electron chi connectivity index (χ0n) is 17.1. The predicted molar refractivity (Wildman–Crippen MR) is 115 cm³/mol. The highest BCUT2D eigenvalue weighted by Crippen LogP contribution is 2.27. The van der Waals surface area contributed by atoms with E-state index >= 15 is 0 Å². The van der Waals surface area contributed by atoms with Crippen LogP contribution in [0, 0.1) is 13.8 Å². The lowest BCUT2D eigenvalue weighted by Gasteiger charge is -2.11. The summed E-state index contributed by atoms with van der Waals surface area (Å²) in [5.74, 6) is 1.14. The lowest BCUT2D eigenvalue weighted by atomic mass is 10.1. The predicted octanol–water partition coefficient (Wildman–Crippen LogP) is 4.58. The zero-order chi connectivity index (χ0) is 20.8. The third-order valence-electron chi connectivity index (χ3n) is 4.58. The fourth-order valence-electron chi connectivity index (χ4n) is 2.88. The molecule has 1 heterocycles. The summed E-state index contributed by atoms with van der Waals surface area (Å²) in [5, 5.41) is 6.21. The Morgan fingerprint density at radius 2 is 1.76 bits per heavy atom. The number of rotatable bonds is 7. The molecule has 150 valence electrons. The molecular weight excluding hydrogens is 366 g/mol. The van der Waals surface area contributed by atoms with Gasteiger partial charge in [-0.25, -0.2) is 4.98 Å². The fraction of sp³-hybridized carbons (Fsp3) is 0.217. The molecule has 3 rings (SSSR count). The number of ether oxygens (including phenoxy) is 2. The van der Waals surface area contributed by atoms with Gasteiger partial charge in [-0.2, -0.15) is 0 Å². The monoisotopic (exact) mass is 391 g/mol. The van der Waals surface area contributed by atoms with E-state index in [9.17, 15) is 4.79 Å². The molecule has 0 saturated carbocycles. The maximum atomic E-state index is 12.5. The molecule has 0 fully saturated rings. The highest BCUT2D eigenvalue weighted by Gasteiger charge is 2.10. The summed E-state index contributed by atoms with van der Waals surface area (Å²) in [6, 6.07) is 15.3. The minimum absolute atomic E-state index is 0.231. The van der Waals surface area contributed by atoms with Gasteiger partial charge < -0.3 is 20.1 Å². The number of methoxy groups -OCH3 is 2. The molecule has 29 heavy (non-hydrogen) atoms. The van der Waals surface area contributed by atoms with Gasteiger partial charge in [0.05, 0.1) is 26.1 Å². The van der Waals surface area contributed by atoms with Crippen molar-refractivity contribution in [1.82, 2.24) is 4.98 Å². The first kappa shape index (κ1) is 20.2. The number of hydrogen-bond acceptors (Lipinski definition) is 5. The van der Waals surface area contributed by atoms with E-state index < -0.39 is 0 Å². The van der Waals surface area contributed by atoms with Gasteiger partial charge in [0.15, 0.2) is 11.5 Å². The number of pyridine rings is 1. The number of carbonyl (C=O) groups excluding carboxylic acids is 1. The van der Waals surface area contributed by atoms with Crippen LogP contribution in [0.3, 0.4) is 0 Å². The van der Waals surface area contributed by atoms with E-state index in [2.05, 4.69) is 15.6 Å². The molecule has 0 atom stereocenters. The van der Waals surface area contributed by atoms with E-state index in [0.29, 0.717) is 23.7 Å². The zero-order valence-corrected chi connectivity index (χ0v) is 17.1. The number of nitrogens with one attached hydrogen (secondary N) is 2. The molecule has 0 unspecified atom stereocenters. The molecule has 2 aromatic carbocycles. The quantitative estimate of drug-likeness (QED) is 0.617. The van der Waals surface area contributed by atoms with Crippen LogP contribution in [0.4, 0.5) is 11.4 Å². The van der Waals surface area contributed by atoms with Crippen molar-refractivity contribution in [2.24, 2.45) is 0 Å². The van der Waals surface area contributed by atoms with Crippen molar-refractivity contribution in [3.8, 4) is 11.5 Å². The summed E-state index contributed by atoms with van der Waals surface area (Å²) < 4.78 is 10.6. The largest absolute Gasteiger partial charge is 0.493 e.